The van der Waals surface area contributed by atoms with Crippen LogP contribution in [0.5, 0.6) is 5.75 Å². The molecular weight excluding hydrogens is 374 g/mol. The third-order valence-corrected chi connectivity index (χ3v) is 4.96. The SMILES string of the molecule is COc1ccccc1C(=O)NCCc1csc(-c2ccc(NC(C)=O)cc2)n1. The van der Waals surface area contributed by atoms with Gasteiger partial charge in [-0.1, -0.05) is 12.1 Å². The molecule has 0 saturated carbocycles. The first-order valence-corrected chi connectivity index (χ1v) is 9.68. The Hall–Kier alpha value is -3.19. The minimum Gasteiger partial charge on any atom is -0.496 e. The number of benzene rings is 2. The maximum Gasteiger partial charge on any atom is 0.255 e. The average molecular weight is 395 g/mol. The Labute approximate surface area is 167 Å². The van der Waals surface area contributed by atoms with E-state index in [9.17, 15) is 9.59 Å². The van der Waals surface area contributed by atoms with Crippen LogP contribution in [0.1, 0.15) is 23.0 Å². The van der Waals surface area contributed by atoms with Crippen LogP contribution in [-0.4, -0.2) is 30.5 Å². The van der Waals surface area contributed by atoms with E-state index in [1.54, 1.807) is 36.6 Å². The van der Waals surface area contributed by atoms with E-state index >= 15 is 0 Å². The molecule has 0 saturated heterocycles. The number of carbonyl (C=O) groups excluding carboxylic acids is 2. The van der Waals surface area contributed by atoms with Crippen molar-refractivity contribution in [3.63, 3.8) is 0 Å². The smallest absolute Gasteiger partial charge is 0.255 e. The Balaban J connectivity index is 1.56. The Morgan fingerprint density at radius 3 is 2.57 bits per heavy atom. The molecule has 7 heteroatoms. The van der Waals surface area contributed by atoms with Crippen molar-refractivity contribution in [2.75, 3.05) is 19.0 Å². The van der Waals surface area contributed by atoms with Gasteiger partial charge in [-0.3, -0.25) is 9.59 Å². The maximum atomic E-state index is 12.3. The van der Waals surface area contributed by atoms with Crippen molar-refractivity contribution >= 4 is 28.8 Å². The summed E-state index contributed by atoms with van der Waals surface area (Å²) in [6.07, 6.45) is 0.640. The molecule has 0 aliphatic carbocycles. The van der Waals surface area contributed by atoms with Gasteiger partial charge in [0.1, 0.15) is 10.8 Å². The highest BCUT2D eigenvalue weighted by Crippen LogP contribution is 2.25. The normalized spacial score (nSPS) is 10.4. The lowest BCUT2D eigenvalue weighted by Crippen LogP contribution is -2.26. The van der Waals surface area contributed by atoms with E-state index in [1.165, 1.54) is 6.92 Å². The number of thiazole rings is 1. The highest BCUT2D eigenvalue weighted by atomic mass is 32.1. The van der Waals surface area contributed by atoms with Gasteiger partial charge >= 0.3 is 0 Å². The Morgan fingerprint density at radius 2 is 1.86 bits per heavy atom. The monoisotopic (exact) mass is 395 g/mol. The molecule has 0 unspecified atom stereocenters. The van der Waals surface area contributed by atoms with Crippen LogP contribution >= 0.6 is 11.3 Å². The fourth-order valence-corrected chi connectivity index (χ4v) is 3.55. The summed E-state index contributed by atoms with van der Waals surface area (Å²) in [5.41, 5.74) is 3.19. The molecule has 0 spiro atoms. The Bertz CT molecular complexity index is 967. The van der Waals surface area contributed by atoms with Gasteiger partial charge < -0.3 is 15.4 Å². The summed E-state index contributed by atoms with van der Waals surface area (Å²) in [7, 11) is 1.55. The van der Waals surface area contributed by atoms with E-state index in [4.69, 9.17) is 4.74 Å². The summed E-state index contributed by atoms with van der Waals surface area (Å²) in [5, 5.41) is 8.54. The lowest BCUT2D eigenvalue weighted by Gasteiger charge is -2.08. The number of para-hydroxylation sites is 1. The molecule has 2 N–H and O–H groups in total. The molecule has 3 aromatic rings. The fraction of sp³-hybridized carbons (Fsp3) is 0.190. The molecule has 28 heavy (non-hydrogen) atoms. The van der Waals surface area contributed by atoms with Crippen LogP contribution in [0, 0.1) is 0 Å². The number of nitrogens with zero attached hydrogens (tertiary/aromatic N) is 1. The third kappa shape index (κ3) is 4.95. The van der Waals surface area contributed by atoms with Crippen LogP contribution in [0.25, 0.3) is 10.6 Å². The highest BCUT2D eigenvalue weighted by molar-refractivity contribution is 7.13. The van der Waals surface area contributed by atoms with Crippen LogP contribution in [0.2, 0.25) is 0 Å². The number of nitrogens with one attached hydrogen (secondary N) is 2. The second-order valence-electron chi connectivity index (χ2n) is 6.11. The standard InChI is InChI=1S/C21H21N3O3S/c1-14(25)23-16-9-7-15(8-10-16)21-24-17(13-28-21)11-12-22-20(26)18-5-3-4-6-19(18)27-2/h3-10,13H,11-12H2,1-2H3,(H,22,26)(H,23,25). The minimum atomic E-state index is -0.165. The summed E-state index contributed by atoms with van der Waals surface area (Å²) >= 11 is 1.55. The molecule has 0 aliphatic rings. The van der Waals surface area contributed by atoms with Gasteiger partial charge in [-0.25, -0.2) is 4.98 Å². The lowest BCUT2D eigenvalue weighted by molar-refractivity contribution is -0.114. The molecule has 144 valence electrons. The number of ether oxygens (including phenoxy) is 1. The molecule has 2 aromatic carbocycles. The lowest BCUT2D eigenvalue weighted by atomic mass is 10.2. The molecule has 0 atom stereocenters. The van der Waals surface area contributed by atoms with E-state index in [0.29, 0.717) is 24.3 Å². The minimum absolute atomic E-state index is 0.0977. The number of hydrogen-bond acceptors (Lipinski definition) is 5. The van der Waals surface area contributed by atoms with Crippen molar-refractivity contribution in [3.8, 4) is 16.3 Å². The second-order valence-corrected chi connectivity index (χ2v) is 6.97. The zero-order chi connectivity index (χ0) is 19.9. The van der Waals surface area contributed by atoms with E-state index in [-0.39, 0.29) is 11.8 Å². The summed E-state index contributed by atoms with van der Waals surface area (Å²) in [5.74, 6) is 0.291. The molecule has 3 rings (SSSR count). The maximum absolute atomic E-state index is 12.3. The zero-order valence-electron chi connectivity index (χ0n) is 15.7. The van der Waals surface area contributed by atoms with Crippen LogP contribution in [-0.2, 0) is 11.2 Å². The van der Waals surface area contributed by atoms with Crippen molar-refractivity contribution in [3.05, 3.63) is 65.2 Å². The first-order chi connectivity index (χ1) is 13.6. The first-order valence-electron chi connectivity index (χ1n) is 8.80. The van der Waals surface area contributed by atoms with Crippen molar-refractivity contribution in [2.24, 2.45) is 0 Å². The molecule has 2 amide bonds. The van der Waals surface area contributed by atoms with Gasteiger partial charge in [0.2, 0.25) is 5.91 Å². The highest BCUT2D eigenvalue weighted by Gasteiger charge is 2.11. The van der Waals surface area contributed by atoms with Crippen LogP contribution in [0.3, 0.4) is 0 Å². The quantitative estimate of drug-likeness (QED) is 0.638. The van der Waals surface area contributed by atoms with Gasteiger partial charge in [0.25, 0.3) is 5.91 Å². The number of aromatic nitrogens is 1. The molecular formula is C21H21N3O3S. The molecule has 1 aromatic heterocycles. The van der Waals surface area contributed by atoms with Crippen LogP contribution in [0.4, 0.5) is 5.69 Å². The van der Waals surface area contributed by atoms with Crippen molar-refractivity contribution in [1.82, 2.24) is 10.3 Å². The van der Waals surface area contributed by atoms with Crippen molar-refractivity contribution < 1.29 is 14.3 Å². The number of anilines is 1. The predicted octanol–water partition coefficient (Wildman–Crippen LogP) is 3.75. The Kier molecular flexibility index (Phi) is 6.39. The Morgan fingerprint density at radius 1 is 1.11 bits per heavy atom. The molecule has 0 bridgehead atoms. The number of carbonyl (C=O) groups is 2. The number of hydrogen-bond donors (Lipinski definition) is 2. The summed E-state index contributed by atoms with van der Waals surface area (Å²) in [6.45, 7) is 1.97. The molecule has 6 nitrogen and oxygen atoms in total. The third-order valence-electron chi connectivity index (χ3n) is 4.02. The fourth-order valence-electron chi connectivity index (χ4n) is 2.69. The number of rotatable bonds is 7. The molecule has 0 fully saturated rings. The van der Waals surface area contributed by atoms with Gasteiger partial charge in [-0.2, -0.15) is 0 Å². The van der Waals surface area contributed by atoms with Gasteiger partial charge in [0, 0.05) is 36.5 Å². The van der Waals surface area contributed by atoms with E-state index < -0.39 is 0 Å². The van der Waals surface area contributed by atoms with Crippen LogP contribution < -0.4 is 15.4 Å². The summed E-state index contributed by atoms with van der Waals surface area (Å²) in [4.78, 5) is 28.0. The topological polar surface area (TPSA) is 80.3 Å². The van der Waals surface area contributed by atoms with Gasteiger partial charge in [-0.05, 0) is 36.4 Å². The van der Waals surface area contributed by atoms with Crippen molar-refractivity contribution in [2.45, 2.75) is 13.3 Å². The van der Waals surface area contributed by atoms with Gasteiger partial charge in [0.05, 0.1) is 18.4 Å². The van der Waals surface area contributed by atoms with Gasteiger partial charge in [-0.15, -0.1) is 11.3 Å². The number of methoxy groups -OCH3 is 1. The first kappa shape index (κ1) is 19.6. The molecule has 0 radical (unpaired) electrons. The van der Waals surface area contributed by atoms with E-state index in [0.717, 1.165) is 22.0 Å². The van der Waals surface area contributed by atoms with E-state index in [2.05, 4.69) is 15.6 Å². The van der Waals surface area contributed by atoms with E-state index in [1.807, 2.05) is 35.7 Å². The van der Waals surface area contributed by atoms with Crippen molar-refractivity contribution in [1.29, 1.82) is 0 Å². The number of amides is 2. The predicted molar refractivity (Wildman–Crippen MR) is 111 cm³/mol. The molecule has 1 heterocycles. The summed E-state index contributed by atoms with van der Waals surface area (Å²) < 4.78 is 5.22. The zero-order valence-corrected chi connectivity index (χ0v) is 16.5. The van der Waals surface area contributed by atoms with Crippen LogP contribution in [0.15, 0.2) is 53.9 Å². The largest absolute Gasteiger partial charge is 0.496 e. The summed E-state index contributed by atoms with van der Waals surface area (Å²) in [6, 6.07) is 14.7. The second kappa shape index (κ2) is 9.14. The molecule has 0 aliphatic heterocycles. The van der Waals surface area contributed by atoms with Gasteiger partial charge in [0.15, 0.2) is 0 Å². The average Bonchev–Trinajstić information content (AvgIpc) is 3.17.